The molecule has 1 aliphatic rings. The average molecular weight is 336 g/mol. The minimum Gasteiger partial charge on any atom is -0.490 e. The standard InChI is InChI=1S/C14H12N2O4S2/c15-7-9(8-16)14-21-12-10(19-5-3-17)1-2-11(13(12)22-14)20-6-4-18/h1-2,17-18H,3-6H2. The highest BCUT2D eigenvalue weighted by molar-refractivity contribution is 8.24. The summed E-state index contributed by atoms with van der Waals surface area (Å²) < 4.78 is 11.5. The predicted molar refractivity (Wildman–Crippen MR) is 81.6 cm³/mol. The van der Waals surface area contributed by atoms with Gasteiger partial charge in [-0.05, 0) is 12.1 Å². The summed E-state index contributed by atoms with van der Waals surface area (Å²) >= 11 is 2.53. The van der Waals surface area contributed by atoms with Crippen molar-refractivity contribution in [2.45, 2.75) is 9.79 Å². The minimum atomic E-state index is -0.111. The first-order chi connectivity index (χ1) is 10.7. The van der Waals surface area contributed by atoms with Crippen LogP contribution in [0.15, 0.2) is 31.7 Å². The summed E-state index contributed by atoms with van der Waals surface area (Å²) in [4.78, 5) is 1.48. The molecule has 0 aromatic heterocycles. The topological polar surface area (TPSA) is 107 Å². The molecule has 0 radical (unpaired) electrons. The van der Waals surface area contributed by atoms with Crippen LogP contribution in [0.5, 0.6) is 11.5 Å². The van der Waals surface area contributed by atoms with E-state index in [0.29, 0.717) is 15.7 Å². The van der Waals surface area contributed by atoms with Gasteiger partial charge in [0.25, 0.3) is 0 Å². The summed E-state index contributed by atoms with van der Waals surface area (Å²) in [5.41, 5.74) is 0.0346. The van der Waals surface area contributed by atoms with E-state index in [4.69, 9.17) is 30.2 Å². The zero-order valence-electron chi connectivity index (χ0n) is 11.4. The molecule has 114 valence electrons. The predicted octanol–water partition coefficient (Wildman–Crippen LogP) is 1.89. The highest BCUT2D eigenvalue weighted by Gasteiger charge is 2.28. The van der Waals surface area contributed by atoms with Crippen molar-refractivity contribution in [1.29, 1.82) is 10.5 Å². The maximum atomic E-state index is 9.00. The lowest BCUT2D eigenvalue weighted by Crippen LogP contribution is -2.04. The zero-order chi connectivity index (χ0) is 15.9. The lowest BCUT2D eigenvalue weighted by atomic mass is 10.3. The quantitative estimate of drug-likeness (QED) is 0.759. The summed E-state index contributed by atoms with van der Waals surface area (Å²) in [7, 11) is 0. The van der Waals surface area contributed by atoms with Crippen molar-refractivity contribution in [3.8, 4) is 23.6 Å². The molecule has 8 heteroatoms. The monoisotopic (exact) mass is 336 g/mol. The molecule has 0 saturated carbocycles. The Labute approximate surface area is 136 Å². The van der Waals surface area contributed by atoms with Crippen LogP contribution in [0.4, 0.5) is 0 Å². The van der Waals surface area contributed by atoms with Gasteiger partial charge in [-0.3, -0.25) is 0 Å². The van der Waals surface area contributed by atoms with Gasteiger partial charge in [-0.25, -0.2) is 0 Å². The number of ether oxygens (including phenoxy) is 2. The van der Waals surface area contributed by atoms with Gasteiger partial charge in [0.1, 0.15) is 42.4 Å². The first kappa shape index (κ1) is 16.5. The van der Waals surface area contributed by atoms with Gasteiger partial charge < -0.3 is 19.7 Å². The Morgan fingerprint density at radius 3 is 1.77 bits per heavy atom. The van der Waals surface area contributed by atoms with Gasteiger partial charge in [-0.15, -0.1) is 0 Å². The van der Waals surface area contributed by atoms with Gasteiger partial charge in [-0.2, -0.15) is 10.5 Å². The normalized spacial score (nSPS) is 12.3. The van der Waals surface area contributed by atoms with Crippen LogP contribution in [0.2, 0.25) is 0 Å². The second-order valence-electron chi connectivity index (χ2n) is 3.95. The number of nitriles is 2. The lowest BCUT2D eigenvalue weighted by molar-refractivity contribution is 0.192. The molecule has 6 nitrogen and oxygen atoms in total. The second kappa shape index (κ2) is 7.97. The third-order valence-corrected chi connectivity index (χ3v) is 5.18. The van der Waals surface area contributed by atoms with Gasteiger partial charge in [0.15, 0.2) is 0 Å². The summed E-state index contributed by atoms with van der Waals surface area (Å²) in [5, 5.41) is 35.8. The number of thioether (sulfide) groups is 2. The van der Waals surface area contributed by atoms with Gasteiger partial charge in [0, 0.05) is 0 Å². The van der Waals surface area contributed by atoms with Crippen molar-refractivity contribution in [2.75, 3.05) is 26.4 Å². The second-order valence-corrected chi connectivity index (χ2v) is 6.25. The van der Waals surface area contributed by atoms with E-state index < -0.39 is 0 Å². The molecule has 1 aromatic rings. The number of aliphatic hydroxyl groups excluding tert-OH is 2. The molecule has 22 heavy (non-hydrogen) atoms. The van der Waals surface area contributed by atoms with Crippen LogP contribution in [0, 0.1) is 22.7 Å². The Bertz CT molecular complexity index is 622. The molecule has 1 heterocycles. The van der Waals surface area contributed by atoms with Gasteiger partial charge in [0.2, 0.25) is 0 Å². The lowest BCUT2D eigenvalue weighted by Gasteiger charge is -2.12. The van der Waals surface area contributed by atoms with Crippen LogP contribution >= 0.6 is 23.5 Å². The van der Waals surface area contributed by atoms with Crippen molar-refractivity contribution >= 4 is 23.5 Å². The van der Waals surface area contributed by atoms with E-state index in [1.54, 1.807) is 12.1 Å². The van der Waals surface area contributed by atoms with Crippen molar-refractivity contribution in [3.05, 3.63) is 21.9 Å². The number of aliphatic hydroxyl groups is 2. The number of benzene rings is 1. The van der Waals surface area contributed by atoms with Crippen LogP contribution in [-0.2, 0) is 0 Å². The molecule has 0 aliphatic carbocycles. The van der Waals surface area contributed by atoms with Crippen LogP contribution < -0.4 is 9.47 Å². The van der Waals surface area contributed by atoms with Gasteiger partial charge in [0.05, 0.1) is 27.2 Å². The Hall–Kier alpha value is -1.84. The molecular formula is C14H12N2O4S2. The molecule has 2 rings (SSSR count). The van der Waals surface area contributed by atoms with E-state index in [2.05, 4.69) is 0 Å². The fourth-order valence-electron chi connectivity index (χ4n) is 1.68. The number of nitrogens with zero attached hydrogens (tertiary/aromatic N) is 2. The minimum absolute atomic E-state index is 0.0346. The van der Waals surface area contributed by atoms with Crippen LogP contribution in [0.1, 0.15) is 0 Å². The van der Waals surface area contributed by atoms with E-state index in [1.807, 2.05) is 12.1 Å². The summed E-state index contributed by atoms with van der Waals surface area (Å²) in [6.45, 7) is 0.0766. The zero-order valence-corrected chi connectivity index (χ0v) is 13.0. The Kier molecular flexibility index (Phi) is 5.99. The van der Waals surface area contributed by atoms with Crippen molar-refractivity contribution in [1.82, 2.24) is 0 Å². The molecule has 0 unspecified atom stereocenters. The number of hydrogen-bond acceptors (Lipinski definition) is 8. The van der Waals surface area contributed by atoms with Gasteiger partial charge >= 0.3 is 0 Å². The van der Waals surface area contributed by atoms with Crippen LogP contribution in [0.25, 0.3) is 0 Å². The molecule has 0 atom stereocenters. The third kappa shape index (κ3) is 3.49. The highest BCUT2D eigenvalue weighted by atomic mass is 32.2. The highest BCUT2D eigenvalue weighted by Crippen LogP contribution is 2.58. The number of rotatable bonds is 6. The molecule has 1 aromatic carbocycles. The van der Waals surface area contributed by atoms with E-state index in [0.717, 1.165) is 9.79 Å². The van der Waals surface area contributed by atoms with Crippen molar-refractivity contribution in [2.24, 2.45) is 0 Å². The van der Waals surface area contributed by atoms with Gasteiger partial charge in [-0.1, -0.05) is 23.5 Å². The maximum Gasteiger partial charge on any atom is 0.150 e. The SMILES string of the molecule is N#CC(C#N)=C1Sc2c(OCCO)ccc(OCCO)c2S1. The largest absolute Gasteiger partial charge is 0.490 e. The number of hydrogen-bond donors (Lipinski definition) is 2. The number of allylic oxidation sites excluding steroid dienone is 1. The van der Waals surface area contributed by atoms with Crippen molar-refractivity contribution in [3.63, 3.8) is 0 Å². The molecule has 0 spiro atoms. The third-order valence-electron chi connectivity index (χ3n) is 2.55. The fourth-order valence-corrected chi connectivity index (χ4v) is 4.20. The molecule has 0 amide bonds. The first-order valence-corrected chi connectivity index (χ1v) is 7.93. The average Bonchev–Trinajstić information content (AvgIpc) is 2.98. The number of fused-ring (bicyclic) bond motifs is 1. The van der Waals surface area contributed by atoms with Crippen molar-refractivity contribution < 1.29 is 19.7 Å². The molecular weight excluding hydrogens is 324 g/mol. The molecule has 1 aliphatic heterocycles. The fraction of sp³-hybridized carbons (Fsp3) is 0.286. The molecule has 0 saturated heterocycles. The van der Waals surface area contributed by atoms with E-state index in [9.17, 15) is 0 Å². The maximum absolute atomic E-state index is 9.00. The first-order valence-electron chi connectivity index (χ1n) is 6.29. The summed E-state index contributed by atoms with van der Waals surface area (Å²) in [5.74, 6) is 1.12. The van der Waals surface area contributed by atoms with E-state index >= 15 is 0 Å². The Morgan fingerprint density at radius 1 is 0.955 bits per heavy atom. The Balaban J connectivity index is 2.41. The molecule has 0 fully saturated rings. The Morgan fingerprint density at radius 2 is 1.41 bits per heavy atom. The summed E-state index contributed by atoms with van der Waals surface area (Å²) in [6.07, 6.45) is 0. The van der Waals surface area contributed by atoms with Crippen LogP contribution in [0.3, 0.4) is 0 Å². The van der Waals surface area contributed by atoms with E-state index in [1.165, 1.54) is 23.5 Å². The van der Waals surface area contributed by atoms with Crippen LogP contribution in [-0.4, -0.2) is 36.6 Å². The van der Waals surface area contributed by atoms with E-state index in [-0.39, 0.29) is 32.0 Å². The summed E-state index contributed by atoms with van der Waals surface area (Å²) in [6, 6.07) is 7.15. The smallest absolute Gasteiger partial charge is 0.150 e. The molecule has 2 N–H and O–H groups in total. The molecule has 0 bridgehead atoms.